The largest absolute Gasteiger partial charge is 0.0622 e. The Hall–Kier alpha value is -6.24. The quantitative estimate of drug-likeness (QED) is 0.160. The lowest BCUT2D eigenvalue weighted by Gasteiger charge is -2.22. The molecule has 0 atom stereocenters. The van der Waals surface area contributed by atoms with Crippen LogP contribution in [0.3, 0.4) is 0 Å². The molecule has 0 heteroatoms. The summed E-state index contributed by atoms with van der Waals surface area (Å²) in [6.45, 7) is 11.6. The van der Waals surface area contributed by atoms with E-state index in [2.05, 4.69) is 211 Å². The van der Waals surface area contributed by atoms with Gasteiger partial charge in [0, 0.05) is 5.41 Å². The maximum atomic E-state index is 2.48. The molecule has 1 aliphatic rings. The average molecular weight is 705 g/mol. The van der Waals surface area contributed by atoms with Crippen molar-refractivity contribution in [1.82, 2.24) is 0 Å². The highest BCUT2D eigenvalue weighted by atomic mass is 14.4. The molecule has 0 aliphatic heterocycles. The van der Waals surface area contributed by atoms with Crippen molar-refractivity contribution in [3.05, 3.63) is 193 Å². The molecule has 0 N–H and O–H groups in total. The van der Waals surface area contributed by atoms with Crippen molar-refractivity contribution < 1.29 is 0 Å². The van der Waals surface area contributed by atoms with Gasteiger partial charge >= 0.3 is 0 Å². The lowest BCUT2D eigenvalue weighted by molar-refractivity contribution is 0.590. The molecule has 0 nitrogen and oxygen atoms in total. The maximum absolute atomic E-state index is 2.48. The van der Waals surface area contributed by atoms with Crippen LogP contribution in [0.2, 0.25) is 0 Å². The first-order valence-corrected chi connectivity index (χ1v) is 19.6. The van der Waals surface area contributed by atoms with E-state index in [1.807, 2.05) is 0 Å². The zero-order valence-electron chi connectivity index (χ0n) is 32.2. The predicted octanol–water partition coefficient (Wildman–Crippen LogP) is 15.4. The van der Waals surface area contributed by atoms with Gasteiger partial charge in [-0.3, -0.25) is 0 Å². The summed E-state index contributed by atoms with van der Waals surface area (Å²) < 4.78 is 0. The molecule has 1 aliphatic carbocycles. The third-order valence-electron chi connectivity index (χ3n) is 12.2. The van der Waals surface area contributed by atoms with Crippen molar-refractivity contribution in [2.45, 2.75) is 45.4 Å². The van der Waals surface area contributed by atoms with E-state index in [1.165, 1.54) is 105 Å². The summed E-state index contributed by atoms with van der Waals surface area (Å²) in [5.74, 6) is 0. The summed E-state index contributed by atoms with van der Waals surface area (Å²) in [5.41, 5.74) is 16.8. The average Bonchev–Trinajstić information content (AvgIpc) is 3.45. The van der Waals surface area contributed by atoms with Gasteiger partial charge in [-0.25, -0.2) is 0 Å². The Morgan fingerprint density at radius 1 is 0.327 bits per heavy atom. The fourth-order valence-electron chi connectivity index (χ4n) is 9.12. The van der Waals surface area contributed by atoms with E-state index in [1.54, 1.807) is 0 Å². The number of rotatable bonds is 4. The van der Waals surface area contributed by atoms with Crippen molar-refractivity contribution >= 4 is 32.3 Å². The van der Waals surface area contributed by atoms with Crippen molar-refractivity contribution in [2.24, 2.45) is 0 Å². The minimum absolute atomic E-state index is 0.0815. The molecule has 0 saturated heterocycles. The van der Waals surface area contributed by atoms with Crippen molar-refractivity contribution in [1.29, 1.82) is 0 Å². The molecule has 0 amide bonds. The van der Waals surface area contributed by atoms with Gasteiger partial charge in [0.2, 0.25) is 0 Å². The first-order chi connectivity index (χ1) is 26.6. The Kier molecular flexibility index (Phi) is 7.52. The SMILES string of the molecule is CC(C)(C)c1ccc(-c2ccc3c(c2)cc(-c2ccc4c(c2)C(C)(C)c2ccccc2-4)c2cc(-c4cc5ccccc5cc4-c4ccccc4)ccc23)cc1. The molecule has 0 radical (unpaired) electrons. The number of hydrogen-bond donors (Lipinski definition) is 0. The molecule has 0 aromatic heterocycles. The van der Waals surface area contributed by atoms with Crippen LogP contribution in [0.5, 0.6) is 0 Å². The molecular weight excluding hydrogens is 661 g/mol. The Balaban J connectivity index is 1.21. The van der Waals surface area contributed by atoms with E-state index in [4.69, 9.17) is 0 Å². The Morgan fingerprint density at radius 2 is 0.891 bits per heavy atom. The highest BCUT2D eigenvalue weighted by Crippen LogP contribution is 2.50. The Labute approximate surface area is 324 Å². The summed E-state index contributed by atoms with van der Waals surface area (Å²) >= 11 is 0. The van der Waals surface area contributed by atoms with Crippen molar-refractivity contribution in [3.63, 3.8) is 0 Å². The molecule has 9 aromatic rings. The fraction of sp³-hybridized carbons (Fsp3) is 0.127. The molecule has 10 rings (SSSR count). The molecular formula is C55H44. The van der Waals surface area contributed by atoms with E-state index < -0.39 is 0 Å². The summed E-state index contributed by atoms with van der Waals surface area (Å²) in [6.07, 6.45) is 0. The van der Waals surface area contributed by atoms with Crippen LogP contribution in [0, 0.1) is 0 Å². The van der Waals surface area contributed by atoms with E-state index in [0.29, 0.717) is 0 Å². The van der Waals surface area contributed by atoms with Gasteiger partial charge in [-0.05, 0) is 146 Å². The number of fused-ring (bicyclic) bond motifs is 7. The van der Waals surface area contributed by atoms with E-state index >= 15 is 0 Å². The van der Waals surface area contributed by atoms with Crippen LogP contribution in [0.15, 0.2) is 176 Å². The van der Waals surface area contributed by atoms with Gasteiger partial charge < -0.3 is 0 Å². The van der Waals surface area contributed by atoms with Crippen LogP contribution in [0.25, 0.3) is 88.0 Å². The second kappa shape index (κ2) is 12.4. The van der Waals surface area contributed by atoms with E-state index in [0.717, 1.165) is 0 Å². The topological polar surface area (TPSA) is 0 Å². The van der Waals surface area contributed by atoms with Crippen LogP contribution >= 0.6 is 0 Å². The normalized spacial score (nSPS) is 13.3. The van der Waals surface area contributed by atoms with Crippen molar-refractivity contribution in [2.75, 3.05) is 0 Å². The van der Waals surface area contributed by atoms with Crippen LogP contribution in [-0.2, 0) is 10.8 Å². The summed E-state index contributed by atoms with van der Waals surface area (Å²) in [4.78, 5) is 0. The van der Waals surface area contributed by atoms with Gasteiger partial charge in [-0.1, -0.05) is 174 Å². The summed E-state index contributed by atoms with van der Waals surface area (Å²) in [7, 11) is 0. The van der Waals surface area contributed by atoms with Gasteiger partial charge in [0.25, 0.3) is 0 Å². The lowest BCUT2D eigenvalue weighted by atomic mass is 9.81. The first kappa shape index (κ1) is 33.3. The predicted molar refractivity (Wildman–Crippen MR) is 237 cm³/mol. The van der Waals surface area contributed by atoms with Crippen molar-refractivity contribution in [3.8, 4) is 55.6 Å². The van der Waals surface area contributed by atoms with Crippen LogP contribution in [-0.4, -0.2) is 0 Å². The minimum atomic E-state index is -0.0815. The molecule has 264 valence electrons. The maximum Gasteiger partial charge on any atom is 0.0159 e. The second-order valence-electron chi connectivity index (χ2n) is 17.0. The van der Waals surface area contributed by atoms with Gasteiger partial charge in [-0.2, -0.15) is 0 Å². The first-order valence-electron chi connectivity index (χ1n) is 19.6. The zero-order chi connectivity index (χ0) is 37.5. The Morgan fingerprint density at radius 3 is 1.64 bits per heavy atom. The molecule has 9 aromatic carbocycles. The van der Waals surface area contributed by atoms with Gasteiger partial charge in [0.05, 0.1) is 0 Å². The molecule has 0 heterocycles. The fourth-order valence-corrected chi connectivity index (χ4v) is 9.12. The minimum Gasteiger partial charge on any atom is -0.0622 e. The lowest BCUT2D eigenvalue weighted by Crippen LogP contribution is -2.14. The van der Waals surface area contributed by atoms with Gasteiger partial charge in [-0.15, -0.1) is 0 Å². The Bertz CT molecular complexity index is 2950. The highest BCUT2D eigenvalue weighted by Gasteiger charge is 2.35. The third kappa shape index (κ3) is 5.51. The standard InChI is InChI=1S/C55H44/c1-54(2,3)43-24-19-35(20-25-43)39-21-26-44-42(29-39)33-50(41-23-28-47-46-17-11-12-18-52(46)55(4,5)53(47)34-41)51-32-40(22-27-45(44)51)49-31-38-16-10-9-15-37(38)30-48(49)36-13-7-6-8-14-36/h6-34H,1-5H3. The molecule has 0 bridgehead atoms. The smallest absolute Gasteiger partial charge is 0.0159 e. The number of benzene rings is 9. The molecule has 55 heavy (non-hydrogen) atoms. The molecule has 0 spiro atoms. The van der Waals surface area contributed by atoms with Gasteiger partial charge in [0.15, 0.2) is 0 Å². The summed E-state index contributed by atoms with van der Waals surface area (Å²) in [5, 5.41) is 7.58. The van der Waals surface area contributed by atoms with Gasteiger partial charge in [0.1, 0.15) is 0 Å². The molecule has 0 saturated carbocycles. The number of hydrogen-bond acceptors (Lipinski definition) is 0. The monoisotopic (exact) mass is 704 g/mol. The van der Waals surface area contributed by atoms with Crippen LogP contribution in [0.4, 0.5) is 0 Å². The highest BCUT2D eigenvalue weighted by molar-refractivity contribution is 6.16. The third-order valence-corrected chi connectivity index (χ3v) is 12.2. The zero-order valence-corrected chi connectivity index (χ0v) is 32.2. The molecule has 0 unspecified atom stereocenters. The van der Waals surface area contributed by atoms with E-state index in [9.17, 15) is 0 Å². The van der Waals surface area contributed by atoms with Crippen LogP contribution in [0.1, 0.15) is 51.3 Å². The summed E-state index contributed by atoms with van der Waals surface area (Å²) in [6, 6.07) is 66.2. The van der Waals surface area contributed by atoms with Crippen LogP contribution < -0.4 is 0 Å². The molecule has 0 fully saturated rings. The van der Waals surface area contributed by atoms with E-state index in [-0.39, 0.29) is 10.8 Å². The second-order valence-corrected chi connectivity index (χ2v) is 17.0.